The van der Waals surface area contributed by atoms with Gasteiger partial charge in [0, 0.05) is 15.8 Å². The number of nitrogens with zero attached hydrogens (tertiary/aromatic N) is 1. The standard InChI is InChI=1S/C30H32N2O2S/c1-20-8-10-23(11-9-20)30(33)31-27-25-6-4-5-7-26(25)34-29(27)28(32-18-16-21(2)17-19-32)22-12-14-24(35-3)15-13-22/h4-15,21,28H,16-19H2,1-3H3,(H,31,33)/t28-/m0/s1. The highest BCUT2D eigenvalue weighted by Gasteiger charge is 2.32. The molecular weight excluding hydrogens is 452 g/mol. The highest BCUT2D eigenvalue weighted by molar-refractivity contribution is 7.98. The summed E-state index contributed by atoms with van der Waals surface area (Å²) in [7, 11) is 0. The molecule has 0 saturated carbocycles. The molecule has 1 amide bonds. The first-order valence-electron chi connectivity index (χ1n) is 12.3. The van der Waals surface area contributed by atoms with Crippen LogP contribution in [0.3, 0.4) is 0 Å². The predicted molar refractivity (Wildman–Crippen MR) is 145 cm³/mol. The van der Waals surface area contributed by atoms with Crippen molar-refractivity contribution in [3.05, 3.63) is 95.2 Å². The van der Waals surface area contributed by atoms with Crippen LogP contribution < -0.4 is 5.32 Å². The summed E-state index contributed by atoms with van der Waals surface area (Å²) in [5.74, 6) is 1.40. The van der Waals surface area contributed by atoms with Crippen molar-refractivity contribution in [3.63, 3.8) is 0 Å². The van der Waals surface area contributed by atoms with Gasteiger partial charge in [0.15, 0.2) is 0 Å². The molecule has 0 bridgehead atoms. The molecule has 3 aromatic carbocycles. The molecule has 0 unspecified atom stereocenters. The van der Waals surface area contributed by atoms with Gasteiger partial charge < -0.3 is 9.73 Å². The van der Waals surface area contributed by atoms with Crippen molar-refractivity contribution in [2.75, 3.05) is 24.7 Å². The zero-order valence-corrected chi connectivity index (χ0v) is 21.4. The minimum absolute atomic E-state index is 0.0703. The fraction of sp³-hybridized carbons (Fsp3) is 0.300. The van der Waals surface area contributed by atoms with Crippen molar-refractivity contribution in [2.24, 2.45) is 5.92 Å². The third-order valence-corrected chi connectivity index (χ3v) is 7.78. The number of rotatable bonds is 6. The van der Waals surface area contributed by atoms with Crippen molar-refractivity contribution >= 4 is 34.3 Å². The highest BCUT2D eigenvalue weighted by atomic mass is 32.2. The molecule has 1 atom stereocenters. The molecule has 1 aliphatic rings. The second kappa shape index (κ2) is 10.3. The van der Waals surface area contributed by atoms with Gasteiger partial charge in [-0.05, 0) is 87.0 Å². The van der Waals surface area contributed by atoms with Crippen molar-refractivity contribution < 1.29 is 9.21 Å². The van der Waals surface area contributed by atoms with Crippen LogP contribution in [0.15, 0.2) is 82.1 Å². The highest BCUT2D eigenvalue weighted by Crippen LogP contribution is 2.42. The smallest absolute Gasteiger partial charge is 0.255 e. The molecule has 2 heterocycles. The first-order valence-corrected chi connectivity index (χ1v) is 13.5. The van der Waals surface area contributed by atoms with Crippen molar-refractivity contribution in [2.45, 2.75) is 37.6 Å². The van der Waals surface area contributed by atoms with Crippen molar-refractivity contribution in [1.82, 2.24) is 4.90 Å². The Kier molecular flexibility index (Phi) is 6.98. The molecule has 4 nitrogen and oxygen atoms in total. The predicted octanol–water partition coefficient (Wildman–Crippen LogP) is 7.54. The number of piperidine rings is 1. The largest absolute Gasteiger partial charge is 0.457 e. The number of benzene rings is 3. The van der Waals surface area contributed by atoms with E-state index in [1.54, 1.807) is 11.8 Å². The number of nitrogens with one attached hydrogen (secondary N) is 1. The number of amides is 1. The molecule has 1 aromatic heterocycles. The summed E-state index contributed by atoms with van der Waals surface area (Å²) < 4.78 is 6.55. The minimum Gasteiger partial charge on any atom is -0.457 e. The topological polar surface area (TPSA) is 45.5 Å². The van der Waals surface area contributed by atoms with Gasteiger partial charge in [-0.25, -0.2) is 0 Å². The van der Waals surface area contributed by atoms with E-state index in [0.29, 0.717) is 5.56 Å². The van der Waals surface area contributed by atoms with E-state index in [4.69, 9.17) is 4.42 Å². The van der Waals surface area contributed by atoms with Crippen LogP contribution in [-0.4, -0.2) is 30.2 Å². The van der Waals surface area contributed by atoms with Crippen LogP contribution in [0.1, 0.15) is 53.1 Å². The number of fused-ring (bicyclic) bond motifs is 1. The van der Waals surface area contributed by atoms with Gasteiger partial charge in [0.1, 0.15) is 11.3 Å². The average molecular weight is 485 g/mol. The fourth-order valence-corrected chi connectivity index (χ4v) is 5.29. The van der Waals surface area contributed by atoms with Gasteiger partial charge in [-0.1, -0.05) is 48.9 Å². The maximum Gasteiger partial charge on any atom is 0.255 e. The van der Waals surface area contributed by atoms with Crippen LogP contribution in [0.25, 0.3) is 11.0 Å². The van der Waals surface area contributed by atoms with Crippen LogP contribution in [0.2, 0.25) is 0 Å². The Balaban J connectivity index is 1.60. The van der Waals surface area contributed by atoms with E-state index >= 15 is 0 Å². The molecule has 1 saturated heterocycles. The molecule has 5 rings (SSSR count). The Labute approximate surface area is 211 Å². The third-order valence-electron chi connectivity index (χ3n) is 7.04. The van der Waals surface area contributed by atoms with E-state index in [-0.39, 0.29) is 11.9 Å². The van der Waals surface area contributed by atoms with Gasteiger partial charge in [-0.3, -0.25) is 9.69 Å². The van der Waals surface area contributed by atoms with Crippen molar-refractivity contribution in [3.8, 4) is 0 Å². The van der Waals surface area contributed by atoms with E-state index in [0.717, 1.165) is 59.8 Å². The molecule has 180 valence electrons. The lowest BCUT2D eigenvalue weighted by atomic mass is 9.94. The lowest BCUT2D eigenvalue weighted by molar-refractivity contribution is 0.102. The Morgan fingerprint density at radius 3 is 2.37 bits per heavy atom. The monoisotopic (exact) mass is 484 g/mol. The minimum atomic E-state index is -0.124. The summed E-state index contributed by atoms with van der Waals surface area (Å²) >= 11 is 1.74. The zero-order chi connectivity index (χ0) is 24.4. The van der Waals surface area contributed by atoms with Crippen molar-refractivity contribution in [1.29, 1.82) is 0 Å². The number of aryl methyl sites for hydroxylation is 1. The molecule has 0 spiro atoms. The van der Waals surface area contributed by atoms with Crippen LogP contribution >= 0.6 is 11.8 Å². The van der Waals surface area contributed by atoms with Crippen LogP contribution in [0.5, 0.6) is 0 Å². The summed E-state index contributed by atoms with van der Waals surface area (Å²) in [4.78, 5) is 17.1. The maximum atomic E-state index is 13.3. The van der Waals surface area contributed by atoms with E-state index in [1.165, 1.54) is 10.5 Å². The number of furan rings is 1. The summed E-state index contributed by atoms with van der Waals surface area (Å²) in [6.45, 7) is 6.35. The summed E-state index contributed by atoms with van der Waals surface area (Å²) in [5.41, 5.74) is 4.51. The molecule has 1 N–H and O–H groups in total. The lowest BCUT2D eigenvalue weighted by Gasteiger charge is -2.36. The third kappa shape index (κ3) is 5.02. The maximum absolute atomic E-state index is 13.3. The van der Waals surface area contributed by atoms with Crippen LogP contribution in [0.4, 0.5) is 5.69 Å². The Morgan fingerprint density at radius 1 is 1.00 bits per heavy atom. The number of thioether (sulfide) groups is 1. The van der Waals surface area contributed by atoms with E-state index in [9.17, 15) is 4.79 Å². The number of hydrogen-bond acceptors (Lipinski definition) is 4. The Bertz CT molecular complexity index is 1300. The Hall–Kier alpha value is -3.02. The lowest BCUT2D eigenvalue weighted by Crippen LogP contribution is -2.37. The first kappa shape index (κ1) is 23.7. The van der Waals surface area contributed by atoms with Gasteiger partial charge in [0.2, 0.25) is 0 Å². The normalized spacial score (nSPS) is 15.9. The SMILES string of the molecule is CSc1ccc([C@@H](c2oc3ccccc3c2NC(=O)c2ccc(C)cc2)N2CCC(C)CC2)cc1. The Morgan fingerprint density at radius 2 is 1.69 bits per heavy atom. The molecular formula is C30H32N2O2S. The second-order valence-electron chi connectivity index (χ2n) is 9.55. The van der Waals surface area contributed by atoms with E-state index in [1.807, 2.05) is 55.5 Å². The molecule has 0 aliphatic carbocycles. The van der Waals surface area contributed by atoms with Gasteiger partial charge in [0.25, 0.3) is 5.91 Å². The summed E-state index contributed by atoms with van der Waals surface area (Å²) in [5, 5.41) is 4.16. The van der Waals surface area contributed by atoms with Gasteiger partial charge in [0.05, 0.1) is 11.7 Å². The number of carbonyl (C=O) groups excluding carboxylic acids is 1. The molecule has 0 radical (unpaired) electrons. The quantitative estimate of drug-likeness (QED) is 0.287. The fourth-order valence-electron chi connectivity index (χ4n) is 4.88. The molecule has 35 heavy (non-hydrogen) atoms. The molecule has 5 heteroatoms. The number of likely N-dealkylation sites (tertiary alicyclic amines) is 1. The molecule has 1 fully saturated rings. The average Bonchev–Trinajstić information content (AvgIpc) is 3.24. The van der Waals surface area contributed by atoms with Gasteiger partial charge >= 0.3 is 0 Å². The molecule has 4 aromatic rings. The second-order valence-corrected chi connectivity index (χ2v) is 10.4. The van der Waals surface area contributed by atoms with Crippen LogP contribution in [-0.2, 0) is 0 Å². The summed E-state index contributed by atoms with van der Waals surface area (Å²) in [6, 6.07) is 24.3. The van der Waals surface area contributed by atoms with E-state index < -0.39 is 0 Å². The number of para-hydroxylation sites is 1. The number of carbonyl (C=O) groups is 1. The first-order chi connectivity index (χ1) is 17.0. The van der Waals surface area contributed by atoms with Gasteiger partial charge in [-0.15, -0.1) is 11.8 Å². The summed E-state index contributed by atoms with van der Waals surface area (Å²) in [6.07, 6.45) is 4.41. The van der Waals surface area contributed by atoms with Gasteiger partial charge in [-0.2, -0.15) is 0 Å². The van der Waals surface area contributed by atoms with E-state index in [2.05, 4.69) is 47.7 Å². The molecule has 1 aliphatic heterocycles. The van der Waals surface area contributed by atoms with Crippen LogP contribution in [0, 0.1) is 12.8 Å². The number of hydrogen-bond donors (Lipinski definition) is 1. The zero-order valence-electron chi connectivity index (χ0n) is 20.6. The number of anilines is 1.